The first-order valence-electron chi connectivity index (χ1n) is 9.38. The topological polar surface area (TPSA) is 117 Å². The van der Waals surface area contributed by atoms with E-state index >= 15 is 0 Å². The molecule has 0 fully saturated rings. The molecule has 0 saturated heterocycles. The summed E-state index contributed by atoms with van der Waals surface area (Å²) in [5, 5.41) is 14.2. The van der Waals surface area contributed by atoms with E-state index in [1.165, 1.54) is 56.3 Å². The van der Waals surface area contributed by atoms with Gasteiger partial charge in [-0.3, -0.25) is 4.79 Å². The third kappa shape index (κ3) is 3.53. The predicted octanol–water partition coefficient (Wildman–Crippen LogP) is 2.15. The lowest BCUT2D eigenvalue weighted by molar-refractivity contribution is -0.136. The summed E-state index contributed by atoms with van der Waals surface area (Å²) < 4.78 is 30.3. The summed E-state index contributed by atoms with van der Waals surface area (Å²) in [6, 6.07) is 9.19. The molecule has 2 heterocycles. The summed E-state index contributed by atoms with van der Waals surface area (Å²) in [6.45, 7) is 0. The highest BCUT2D eigenvalue weighted by Gasteiger charge is 2.38. The smallest absolute Gasteiger partial charge is 0.355 e. The van der Waals surface area contributed by atoms with Crippen molar-refractivity contribution < 1.29 is 28.2 Å². The van der Waals surface area contributed by atoms with Crippen LogP contribution in [0.3, 0.4) is 0 Å². The van der Waals surface area contributed by atoms with Crippen LogP contribution in [0.1, 0.15) is 22.0 Å². The number of aromatic nitrogens is 4. The third-order valence-electron chi connectivity index (χ3n) is 4.98. The number of methoxy groups -OCH3 is 3. The Hall–Kier alpha value is -4.28. The molecule has 4 rings (SSSR count). The summed E-state index contributed by atoms with van der Waals surface area (Å²) >= 11 is 0. The molecule has 0 spiro atoms. The van der Waals surface area contributed by atoms with E-state index in [-0.39, 0.29) is 22.8 Å². The van der Waals surface area contributed by atoms with Gasteiger partial charge in [-0.15, -0.1) is 0 Å². The van der Waals surface area contributed by atoms with E-state index in [2.05, 4.69) is 20.8 Å². The van der Waals surface area contributed by atoms with Crippen molar-refractivity contribution >= 4 is 17.7 Å². The lowest BCUT2D eigenvalue weighted by atomic mass is 9.89. The zero-order chi connectivity index (χ0) is 22.8. The number of fused-ring (bicyclic) bond motifs is 1. The van der Waals surface area contributed by atoms with Crippen molar-refractivity contribution in [2.24, 2.45) is 0 Å². The molecule has 1 aliphatic rings. The summed E-state index contributed by atoms with van der Waals surface area (Å²) in [5.74, 6) is -0.840. The number of Topliss-reactive ketones (excluding diaryl/α,β-unsaturated/α-hetero) is 1. The van der Waals surface area contributed by atoms with E-state index in [0.29, 0.717) is 17.1 Å². The number of nitrogens with one attached hydrogen (secondary N) is 1. The van der Waals surface area contributed by atoms with E-state index in [1.54, 1.807) is 12.1 Å². The molecule has 164 valence electrons. The van der Waals surface area contributed by atoms with Gasteiger partial charge in [0.2, 0.25) is 5.95 Å². The van der Waals surface area contributed by atoms with Crippen molar-refractivity contribution in [3.8, 4) is 11.5 Å². The van der Waals surface area contributed by atoms with Crippen molar-refractivity contribution in [3.05, 3.63) is 70.7 Å². The third-order valence-corrected chi connectivity index (χ3v) is 4.98. The van der Waals surface area contributed by atoms with Gasteiger partial charge >= 0.3 is 5.97 Å². The zero-order valence-corrected chi connectivity index (χ0v) is 17.3. The molecule has 0 saturated carbocycles. The van der Waals surface area contributed by atoms with Crippen LogP contribution in [0.4, 0.5) is 10.3 Å². The lowest BCUT2D eigenvalue weighted by Gasteiger charge is -2.28. The standard InChI is InChI=1S/C21H18FN5O5/c1-30-14-9-6-12(10-15(14)31-2)19(28)16-17(20(29)32-3)23-21-24-25-26-27(21)18(16)11-4-7-13(22)8-5-11/h4-10,18H,1-3H3,(H,23,24,26)/t18-/m1/s1. The fourth-order valence-corrected chi connectivity index (χ4v) is 3.47. The zero-order valence-electron chi connectivity index (χ0n) is 17.3. The Labute approximate surface area is 181 Å². The average Bonchev–Trinajstić information content (AvgIpc) is 3.30. The number of hydrogen-bond donors (Lipinski definition) is 1. The maximum atomic E-state index is 13.7. The highest BCUT2D eigenvalue weighted by Crippen LogP contribution is 2.38. The largest absolute Gasteiger partial charge is 0.493 e. The van der Waals surface area contributed by atoms with Crippen LogP contribution in [0, 0.1) is 5.82 Å². The number of carbonyl (C=O) groups excluding carboxylic acids is 2. The molecule has 11 heteroatoms. The number of allylic oxidation sites excluding steroid dienone is 1. The summed E-state index contributed by atoms with van der Waals surface area (Å²) in [6.07, 6.45) is 0. The molecule has 0 radical (unpaired) electrons. The second kappa shape index (κ2) is 8.46. The Morgan fingerprint density at radius 3 is 2.41 bits per heavy atom. The number of ketones is 1. The first-order chi connectivity index (χ1) is 15.5. The van der Waals surface area contributed by atoms with E-state index < -0.39 is 23.6 Å². The molecular formula is C21H18FN5O5. The van der Waals surface area contributed by atoms with Gasteiger partial charge < -0.3 is 19.5 Å². The van der Waals surface area contributed by atoms with E-state index in [4.69, 9.17) is 14.2 Å². The van der Waals surface area contributed by atoms with Crippen molar-refractivity contribution in [1.29, 1.82) is 0 Å². The van der Waals surface area contributed by atoms with Gasteiger partial charge in [0.15, 0.2) is 17.3 Å². The van der Waals surface area contributed by atoms with Gasteiger partial charge in [-0.25, -0.2) is 9.18 Å². The van der Waals surface area contributed by atoms with Crippen molar-refractivity contribution in [3.63, 3.8) is 0 Å². The number of esters is 1. The number of anilines is 1. The van der Waals surface area contributed by atoms with Gasteiger partial charge in [0, 0.05) is 5.56 Å². The fourth-order valence-electron chi connectivity index (χ4n) is 3.47. The Morgan fingerprint density at radius 1 is 1.03 bits per heavy atom. The van der Waals surface area contributed by atoms with Crippen molar-refractivity contribution in [2.45, 2.75) is 6.04 Å². The van der Waals surface area contributed by atoms with Gasteiger partial charge in [-0.2, -0.15) is 4.68 Å². The number of carbonyl (C=O) groups is 2. The highest BCUT2D eigenvalue weighted by molar-refractivity contribution is 6.15. The minimum atomic E-state index is -0.920. The lowest BCUT2D eigenvalue weighted by Crippen LogP contribution is -2.33. The van der Waals surface area contributed by atoms with E-state index in [0.717, 1.165) is 0 Å². The number of tetrazole rings is 1. The number of halogens is 1. The molecule has 1 aliphatic heterocycles. The normalized spacial score (nSPS) is 14.9. The van der Waals surface area contributed by atoms with Gasteiger partial charge in [-0.1, -0.05) is 17.2 Å². The van der Waals surface area contributed by atoms with Crippen LogP contribution >= 0.6 is 0 Å². The van der Waals surface area contributed by atoms with Crippen LogP contribution in [0.15, 0.2) is 53.7 Å². The number of rotatable bonds is 6. The van der Waals surface area contributed by atoms with Crippen molar-refractivity contribution in [1.82, 2.24) is 20.2 Å². The average molecular weight is 439 g/mol. The summed E-state index contributed by atoms with van der Waals surface area (Å²) in [4.78, 5) is 26.3. The molecule has 32 heavy (non-hydrogen) atoms. The molecule has 0 bridgehead atoms. The van der Waals surface area contributed by atoms with Crippen LogP contribution < -0.4 is 14.8 Å². The summed E-state index contributed by atoms with van der Waals surface area (Å²) in [5.41, 5.74) is 0.621. The van der Waals surface area contributed by atoms with Crippen molar-refractivity contribution in [2.75, 3.05) is 26.6 Å². The minimum Gasteiger partial charge on any atom is -0.493 e. The Bertz CT molecular complexity index is 1220. The first kappa shape index (κ1) is 21.0. The SMILES string of the molecule is COC(=O)C1=C(C(=O)c2ccc(OC)c(OC)c2)[C@@H](c2ccc(F)cc2)n2nnnc2N1. The fraction of sp³-hybridized carbons (Fsp3) is 0.190. The van der Waals surface area contributed by atoms with Crippen LogP contribution in [0.5, 0.6) is 11.5 Å². The minimum absolute atomic E-state index is 0.0236. The number of ether oxygens (including phenoxy) is 3. The molecule has 2 aromatic carbocycles. The molecule has 0 amide bonds. The maximum Gasteiger partial charge on any atom is 0.355 e. The molecule has 1 atom stereocenters. The monoisotopic (exact) mass is 439 g/mol. The molecule has 0 unspecified atom stereocenters. The van der Waals surface area contributed by atoms with Crippen LogP contribution in [-0.2, 0) is 9.53 Å². The van der Waals surface area contributed by atoms with Gasteiger partial charge in [0.05, 0.1) is 26.9 Å². The quantitative estimate of drug-likeness (QED) is 0.455. The van der Waals surface area contributed by atoms with E-state index in [9.17, 15) is 14.0 Å². The Kier molecular flexibility index (Phi) is 5.54. The van der Waals surface area contributed by atoms with E-state index in [1.807, 2.05) is 0 Å². The molecule has 1 N–H and O–H groups in total. The highest BCUT2D eigenvalue weighted by atomic mass is 19.1. The summed E-state index contributed by atoms with van der Waals surface area (Å²) in [7, 11) is 4.12. The molecule has 1 aromatic heterocycles. The van der Waals surface area contributed by atoms with Crippen LogP contribution in [0.2, 0.25) is 0 Å². The second-order valence-corrected chi connectivity index (χ2v) is 6.71. The van der Waals surface area contributed by atoms with Crippen LogP contribution in [0.25, 0.3) is 0 Å². The first-order valence-corrected chi connectivity index (χ1v) is 9.38. The van der Waals surface area contributed by atoms with Gasteiger partial charge in [0.25, 0.3) is 0 Å². The predicted molar refractivity (Wildman–Crippen MR) is 109 cm³/mol. The number of benzene rings is 2. The van der Waals surface area contributed by atoms with Gasteiger partial charge in [-0.05, 0) is 46.3 Å². The van der Waals surface area contributed by atoms with Crippen LogP contribution in [-0.4, -0.2) is 53.3 Å². The Morgan fingerprint density at radius 2 is 1.75 bits per heavy atom. The Balaban J connectivity index is 1.93. The van der Waals surface area contributed by atoms with Gasteiger partial charge in [0.1, 0.15) is 17.6 Å². The molecule has 0 aliphatic carbocycles. The number of nitrogens with zero attached hydrogens (tertiary/aromatic N) is 4. The molecule has 10 nitrogen and oxygen atoms in total. The maximum absolute atomic E-state index is 13.7. The molecule has 3 aromatic rings. The number of hydrogen-bond acceptors (Lipinski definition) is 9. The molecular weight excluding hydrogens is 421 g/mol. The second-order valence-electron chi connectivity index (χ2n) is 6.71.